The van der Waals surface area contributed by atoms with Gasteiger partial charge in [-0.3, -0.25) is 4.98 Å². The summed E-state index contributed by atoms with van der Waals surface area (Å²) >= 11 is 0. The van der Waals surface area contributed by atoms with E-state index >= 15 is 0 Å². The van der Waals surface area contributed by atoms with Crippen LogP contribution in [0.5, 0.6) is 5.88 Å². The first-order valence-corrected chi connectivity index (χ1v) is 12.4. The first-order chi connectivity index (χ1) is 17.1. The van der Waals surface area contributed by atoms with Gasteiger partial charge in [-0.2, -0.15) is 0 Å². The second-order valence-corrected chi connectivity index (χ2v) is 9.92. The maximum atomic E-state index is 10.9. The molecular formula is C28H36N4O4. The molecule has 0 saturated carbocycles. The zero-order valence-corrected chi connectivity index (χ0v) is 21.7. The van der Waals surface area contributed by atoms with Gasteiger partial charge in [-0.1, -0.05) is 6.07 Å². The van der Waals surface area contributed by atoms with Crippen molar-refractivity contribution in [1.82, 2.24) is 9.97 Å². The number of nitrogens with zero attached hydrogens (tertiary/aromatic N) is 3. The molecule has 1 unspecified atom stereocenters. The van der Waals surface area contributed by atoms with Crippen molar-refractivity contribution >= 4 is 11.4 Å². The molecule has 1 aliphatic rings. The predicted octanol–water partition coefficient (Wildman–Crippen LogP) is 4.41. The van der Waals surface area contributed by atoms with Crippen LogP contribution in [0.4, 0.5) is 11.4 Å². The minimum atomic E-state index is -1.09. The lowest BCUT2D eigenvalue weighted by Crippen LogP contribution is -2.36. The summed E-state index contributed by atoms with van der Waals surface area (Å²) in [5.74, 6) is 0.623. The summed E-state index contributed by atoms with van der Waals surface area (Å²) in [6, 6.07) is 11.5. The monoisotopic (exact) mass is 492 g/mol. The van der Waals surface area contributed by atoms with Crippen molar-refractivity contribution in [2.75, 3.05) is 36.5 Å². The molecule has 0 radical (unpaired) electrons. The van der Waals surface area contributed by atoms with Gasteiger partial charge in [-0.05, 0) is 76.1 Å². The number of rotatable bonds is 8. The smallest absolute Gasteiger partial charge is 0.237 e. The second kappa shape index (κ2) is 10.8. The number of benzene rings is 1. The molecule has 8 heteroatoms. The number of aliphatic hydroxyl groups excluding tert-OH is 1. The second-order valence-electron chi connectivity index (χ2n) is 9.92. The van der Waals surface area contributed by atoms with Gasteiger partial charge >= 0.3 is 0 Å². The molecule has 8 nitrogen and oxygen atoms in total. The van der Waals surface area contributed by atoms with Gasteiger partial charge in [0.05, 0.1) is 25.0 Å². The van der Waals surface area contributed by atoms with Crippen LogP contribution in [0.1, 0.15) is 50.7 Å². The average molecular weight is 493 g/mol. The number of nitrogens with one attached hydrogen (secondary N) is 1. The fraction of sp³-hybridized carbons (Fsp3) is 0.429. The number of ether oxygens (including phenoxy) is 2. The van der Waals surface area contributed by atoms with Crippen molar-refractivity contribution in [3.8, 4) is 17.0 Å². The number of anilines is 2. The highest BCUT2D eigenvalue weighted by Gasteiger charge is 2.21. The lowest BCUT2D eigenvalue weighted by atomic mass is 10.00. The number of aromatic nitrogens is 2. The SMILES string of the molecule is Cc1ccc(NC(O)c2ccnc(C(C)(C)O)c2)cc1-c1cnc(OC(C)C)c(N2CCOCC2)c1. The molecule has 0 amide bonds. The zero-order valence-electron chi connectivity index (χ0n) is 21.7. The Balaban J connectivity index is 1.63. The molecule has 1 aliphatic heterocycles. The van der Waals surface area contributed by atoms with E-state index in [9.17, 15) is 10.2 Å². The van der Waals surface area contributed by atoms with Gasteiger partial charge in [-0.25, -0.2) is 4.98 Å². The summed E-state index contributed by atoms with van der Waals surface area (Å²) in [4.78, 5) is 11.1. The molecule has 0 bridgehead atoms. The fourth-order valence-electron chi connectivity index (χ4n) is 4.15. The first-order valence-electron chi connectivity index (χ1n) is 12.4. The van der Waals surface area contributed by atoms with Crippen LogP contribution in [0.25, 0.3) is 11.1 Å². The van der Waals surface area contributed by atoms with Crippen LogP contribution < -0.4 is 15.0 Å². The maximum Gasteiger partial charge on any atom is 0.237 e. The van der Waals surface area contributed by atoms with E-state index in [1.54, 1.807) is 32.2 Å². The summed E-state index contributed by atoms with van der Waals surface area (Å²) < 4.78 is 11.6. The van der Waals surface area contributed by atoms with Crippen LogP contribution in [-0.4, -0.2) is 52.6 Å². The molecular weight excluding hydrogens is 456 g/mol. The van der Waals surface area contributed by atoms with E-state index in [2.05, 4.69) is 33.2 Å². The zero-order chi connectivity index (χ0) is 25.9. The summed E-state index contributed by atoms with van der Waals surface area (Å²) in [6.07, 6.45) is 2.48. The van der Waals surface area contributed by atoms with Gasteiger partial charge in [-0.15, -0.1) is 0 Å². The Morgan fingerprint density at radius 3 is 2.53 bits per heavy atom. The third-order valence-electron chi connectivity index (χ3n) is 6.11. The van der Waals surface area contributed by atoms with Crippen LogP contribution in [0.3, 0.4) is 0 Å². The molecule has 1 atom stereocenters. The number of pyridine rings is 2. The average Bonchev–Trinajstić information content (AvgIpc) is 2.85. The minimum Gasteiger partial charge on any atom is -0.473 e. The fourth-order valence-corrected chi connectivity index (χ4v) is 4.15. The van der Waals surface area contributed by atoms with Crippen LogP contribution in [0, 0.1) is 6.92 Å². The Morgan fingerprint density at radius 1 is 1.08 bits per heavy atom. The summed E-state index contributed by atoms with van der Waals surface area (Å²) in [7, 11) is 0. The normalized spacial score (nSPS) is 15.2. The molecule has 1 aromatic carbocycles. The number of aliphatic hydroxyl groups is 2. The highest BCUT2D eigenvalue weighted by molar-refractivity contribution is 5.75. The van der Waals surface area contributed by atoms with E-state index in [-0.39, 0.29) is 6.10 Å². The highest BCUT2D eigenvalue weighted by Crippen LogP contribution is 2.35. The van der Waals surface area contributed by atoms with Crippen LogP contribution in [0.2, 0.25) is 0 Å². The highest BCUT2D eigenvalue weighted by atomic mass is 16.5. The molecule has 3 heterocycles. The minimum absolute atomic E-state index is 0.0176. The predicted molar refractivity (Wildman–Crippen MR) is 141 cm³/mol. The van der Waals surface area contributed by atoms with Gasteiger partial charge < -0.3 is 29.9 Å². The Kier molecular flexibility index (Phi) is 7.78. The summed E-state index contributed by atoms with van der Waals surface area (Å²) in [5, 5.41) is 24.3. The van der Waals surface area contributed by atoms with E-state index in [0.29, 0.717) is 30.4 Å². The third-order valence-corrected chi connectivity index (χ3v) is 6.11. The molecule has 3 aromatic rings. The van der Waals surface area contributed by atoms with E-state index in [0.717, 1.165) is 41.2 Å². The van der Waals surface area contributed by atoms with Gasteiger partial charge in [0.25, 0.3) is 0 Å². The quantitative estimate of drug-likeness (QED) is 0.398. The van der Waals surface area contributed by atoms with Crippen LogP contribution >= 0.6 is 0 Å². The Labute approximate surface area is 212 Å². The van der Waals surface area contributed by atoms with Crippen molar-refractivity contribution in [2.24, 2.45) is 0 Å². The van der Waals surface area contributed by atoms with Crippen LogP contribution in [0.15, 0.2) is 48.8 Å². The Bertz CT molecular complexity index is 1190. The molecule has 1 fully saturated rings. The lowest BCUT2D eigenvalue weighted by molar-refractivity contribution is 0.0735. The Hall–Kier alpha value is -3.20. The summed E-state index contributed by atoms with van der Waals surface area (Å²) in [6.45, 7) is 12.3. The van der Waals surface area contributed by atoms with E-state index in [1.807, 2.05) is 38.2 Å². The van der Waals surface area contributed by atoms with Gasteiger partial charge in [0.15, 0.2) is 6.23 Å². The standard InChI is InChI=1S/C28H36N4O4/c1-18(2)36-27-24(32-10-12-35-13-11-32)14-21(17-30-27)23-16-22(7-6-19(23)3)31-26(33)20-8-9-29-25(15-20)28(4,5)34/h6-9,14-18,26,31,33-34H,10-13H2,1-5H3. The number of aryl methyl sites for hydroxylation is 1. The molecule has 4 rings (SSSR count). The van der Waals surface area contributed by atoms with Crippen molar-refractivity contribution in [3.63, 3.8) is 0 Å². The molecule has 0 spiro atoms. The Morgan fingerprint density at radius 2 is 1.83 bits per heavy atom. The van der Waals surface area contributed by atoms with Gasteiger partial charge in [0.1, 0.15) is 11.3 Å². The van der Waals surface area contributed by atoms with Crippen LogP contribution in [-0.2, 0) is 10.3 Å². The van der Waals surface area contributed by atoms with Gasteiger partial charge in [0, 0.05) is 42.3 Å². The van der Waals surface area contributed by atoms with Crippen molar-refractivity contribution in [2.45, 2.75) is 52.6 Å². The number of hydrogen-bond donors (Lipinski definition) is 3. The summed E-state index contributed by atoms with van der Waals surface area (Å²) in [5.41, 5.74) is 4.82. The molecule has 1 saturated heterocycles. The number of hydrogen-bond acceptors (Lipinski definition) is 8. The van der Waals surface area contributed by atoms with Crippen molar-refractivity contribution < 1.29 is 19.7 Å². The van der Waals surface area contributed by atoms with E-state index < -0.39 is 11.8 Å². The molecule has 36 heavy (non-hydrogen) atoms. The van der Waals surface area contributed by atoms with Crippen molar-refractivity contribution in [1.29, 1.82) is 0 Å². The topological polar surface area (TPSA) is 100.0 Å². The van der Waals surface area contributed by atoms with Gasteiger partial charge in [0.2, 0.25) is 5.88 Å². The molecule has 3 N–H and O–H groups in total. The maximum absolute atomic E-state index is 10.9. The first kappa shape index (κ1) is 25.9. The van der Waals surface area contributed by atoms with E-state index in [4.69, 9.17) is 9.47 Å². The molecule has 2 aromatic heterocycles. The third kappa shape index (κ3) is 6.13. The van der Waals surface area contributed by atoms with Crippen molar-refractivity contribution in [3.05, 3.63) is 65.6 Å². The van der Waals surface area contributed by atoms with E-state index in [1.165, 1.54) is 0 Å². The molecule has 192 valence electrons. The number of morpholine rings is 1. The molecule has 0 aliphatic carbocycles. The lowest BCUT2D eigenvalue weighted by Gasteiger charge is -2.30. The largest absolute Gasteiger partial charge is 0.473 e.